The Bertz CT molecular complexity index is 708. The summed E-state index contributed by atoms with van der Waals surface area (Å²) >= 11 is 1.41. The minimum absolute atomic E-state index is 0.0184. The van der Waals surface area contributed by atoms with Gasteiger partial charge >= 0.3 is 0 Å². The van der Waals surface area contributed by atoms with Gasteiger partial charge in [-0.3, -0.25) is 9.59 Å². The number of anilines is 1. The number of carbonyl (C=O) groups is 2. The van der Waals surface area contributed by atoms with Crippen LogP contribution in [-0.4, -0.2) is 16.8 Å². The first-order chi connectivity index (χ1) is 9.54. The van der Waals surface area contributed by atoms with Crippen LogP contribution in [0.2, 0.25) is 0 Å². The topological polar surface area (TPSA) is 85.1 Å². The zero-order valence-corrected chi connectivity index (χ0v) is 11.7. The van der Waals surface area contributed by atoms with E-state index < -0.39 is 0 Å². The van der Waals surface area contributed by atoms with Gasteiger partial charge in [-0.15, -0.1) is 11.3 Å². The van der Waals surface area contributed by atoms with Crippen LogP contribution in [0.3, 0.4) is 0 Å². The first-order valence-corrected chi connectivity index (χ1v) is 7.10. The molecule has 1 aromatic carbocycles. The summed E-state index contributed by atoms with van der Waals surface area (Å²) in [6.07, 6.45) is 0.159. The Labute approximate surface area is 119 Å². The van der Waals surface area contributed by atoms with Gasteiger partial charge in [-0.25, -0.2) is 4.98 Å². The molecule has 3 rings (SSSR count). The van der Waals surface area contributed by atoms with E-state index in [4.69, 9.17) is 5.73 Å². The summed E-state index contributed by atoms with van der Waals surface area (Å²) in [5.41, 5.74) is 8.75. The van der Waals surface area contributed by atoms with Crippen molar-refractivity contribution in [3.8, 4) is 11.3 Å². The van der Waals surface area contributed by atoms with Crippen molar-refractivity contribution >= 4 is 28.8 Å². The normalized spacial score (nSPS) is 16.9. The number of thiazole rings is 1. The molecule has 0 saturated heterocycles. The zero-order chi connectivity index (χ0) is 14.3. The van der Waals surface area contributed by atoms with Crippen LogP contribution in [0.1, 0.15) is 23.4 Å². The number of fused-ring (bicyclic) bond motifs is 1. The minimum Gasteiger partial charge on any atom is -0.369 e. The number of nitrogens with zero attached hydrogens (tertiary/aromatic N) is 1. The summed E-state index contributed by atoms with van der Waals surface area (Å²) in [6, 6.07) is 5.78. The Hall–Kier alpha value is -2.21. The third-order valence-corrected chi connectivity index (χ3v) is 4.19. The molecule has 0 aliphatic carbocycles. The molecule has 1 aromatic heterocycles. The number of carbonyl (C=O) groups excluding carboxylic acids is 2. The average Bonchev–Trinajstić information content (AvgIpc) is 2.95. The van der Waals surface area contributed by atoms with Gasteiger partial charge in [-0.1, -0.05) is 6.07 Å². The second-order valence-electron chi connectivity index (χ2n) is 4.78. The van der Waals surface area contributed by atoms with E-state index in [-0.39, 0.29) is 24.2 Å². The van der Waals surface area contributed by atoms with Crippen LogP contribution >= 0.6 is 11.3 Å². The summed E-state index contributed by atoms with van der Waals surface area (Å²) < 4.78 is 0. The average molecular weight is 287 g/mol. The van der Waals surface area contributed by atoms with Gasteiger partial charge in [-0.2, -0.15) is 0 Å². The lowest BCUT2D eigenvalue weighted by atomic mass is 10.00. The summed E-state index contributed by atoms with van der Waals surface area (Å²) in [5.74, 6) is -0.512. The SMILES string of the molecule is C[C@@H]1C(=O)Nc2ccc(-c3csc(CC(N)=O)n3)cc21. The molecule has 0 fully saturated rings. The molecule has 0 bridgehead atoms. The third kappa shape index (κ3) is 2.18. The fourth-order valence-corrected chi connectivity index (χ4v) is 3.06. The number of nitrogens with two attached hydrogens (primary N) is 1. The molecule has 102 valence electrons. The van der Waals surface area contributed by atoms with Crippen molar-refractivity contribution < 1.29 is 9.59 Å². The molecule has 2 amide bonds. The molecular formula is C14H13N3O2S. The van der Waals surface area contributed by atoms with Crippen LogP contribution in [-0.2, 0) is 16.0 Å². The summed E-state index contributed by atoms with van der Waals surface area (Å²) in [5, 5.41) is 5.44. The number of nitrogens with one attached hydrogen (secondary N) is 1. The predicted octanol–water partition coefficient (Wildman–Crippen LogP) is 1.89. The number of amides is 2. The van der Waals surface area contributed by atoms with Gasteiger partial charge in [0, 0.05) is 16.6 Å². The van der Waals surface area contributed by atoms with E-state index in [1.54, 1.807) is 0 Å². The fourth-order valence-electron chi connectivity index (χ4n) is 2.25. The Kier molecular flexibility index (Phi) is 3.02. The van der Waals surface area contributed by atoms with Crippen LogP contribution < -0.4 is 11.1 Å². The van der Waals surface area contributed by atoms with Crippen molar-refractivity contribution in [2.24, 2.45) is 5.73 Å². The van der Waals surface area contributed by atoms with E-state index in [2.05, 4.69) is 10.3 Å². The van der Waals surface area contributed by atoms with Crippen LogP contribution in [0, 0.1) is 0 Å². The molecule has 20 heavy (non-hydrogen) atoms. The molecule has 0 spiro atoms. The maximum atomic E-state index is 11.6. The van der Waals surface area contributed by atoms with E-state index in [0.717, 1.165) is 22.5 Å². The van der Waals surface area contributed by atoms with E-state index in [1.807, 2.05) is 30.5 Å². The van der Waals surface area contributed by atoms with Crippen molar-refractivity contribution in [1.82, 2.24) is 4.98 Å². The fraction of sp³-hybridized carbons (Fsp3) is 0.214. The third-order valence-electron chi connectivity index (χ3n) is 3.34. The van der Waals surface area contributed by atoms with Gasteiger partial charge in [-0.05, 0) is 24.6 Å². The van der Waals surface area contributed by atoms with Gasteiger partial charge in [0.05, 0.1) is 18.0 Å². The first-order valence-electron chi connectivity index (χ1n) is 6.22. The van der Waals surface area contributed by atoms with E-state index in [9.17, 15) is 9.59 Å². The number of hydrogen-bond donors (Lipinski definition) is 2. The lowest BCUT2D eigenvalue weighted by Crippen LogP contribution is -2.13. The highest BCUT2D eigenvalue weighted by atomic mass is 32.1. The summed E-state index contributed by atoms with van der Waals surface area (Å²) in [7, 11) is 0. The number of rotatable bonds is 3. The molecule has 2 heterocycles. The smallest absolute Gasteiger partial charge is 0.231 e. The highest BCUT2D eigenvalue weighted by Crippen LogP contribution is 2.35. The zero-order valence-electron chi connectivity index (χ0n) is 10.8. The number of benzene rings is 1. The van der Waals surface area contributed by atoms with Gasteiger partial charge in [0.2, 0.25) is 11.8 Å². The molecule has 2 aromatic rings. The van der Waals surface area contributed by atoms with E-state index >= 15 is 0 Å². The molecular weight excluding hydrogens is 274 g/mol. The molecule has 3 N–H and O–H groups in total. The van der Waals surface area contributed by atoms with Crippen molar-refractivity contribution in [1.29, 1.82) is 0 Å². The van der Waals surface area contributed by atoms with Crippen LogP contribution in [0.4, 0.5) is 5.69 Å². The van der Waals surface area contributed by atoms with Gasteiger partial charge < -0.3 is 11.1 Å². The van der Waals surface area contributed by atoms with E-state index in [1.165, 1.54) is 11.3 Å². The van der Waals surface area contributed by atoms with Crippen molar-refractivity contribution in [2.45, 2.75) is 19.3 Å². The van der Waals surface area contributed by atoms with Gasteiger partial charge in [0.1, 0.15) is 5.01 Å². The van der Waals surface area contributed by atoms with Gasteiger partial charge in [0.25, 0.3) is 0 Å². The summed E-state index contributed by atoms with van der Waals surface area (Å²) in [4.78, 5) is 26.9. The second kappa shape index (κ2) is 4.72. The molecule has 6 heteroatoms. The first kappa shape index (κ1) is 12.8. The number of hydrogen-bond acceptors (Lipinski definition) is 4. The number of aromatic nitrogens is 1. The predicted molar refractivity (Wildman–Crippen MR) is 77.5 cm³/mol. The largest absolute Gasteiger partial charge is 0.369 e. The Morgan fingerprint density at radius 3 is 3.05 bits per heavy atom. The maximum absolute atomic E-state index is 11.6. The Morgan fingerprint density at radius 1 is 1.50 bits per heavy atom. The molecule has 0 radical (unpaired) electrons. The van der Waals surface area contributed by atoms with Crippen LogP contribution in [0.25, 0.3) is 11.3 Å². The van der Waals surface area contributed by atoms with Crippen molar-refractivity contribution in [3.05, 3.63) is 34.2 Å². The quantitative estimate of drug-likeness (QED) is 0.904. The monoisotopic (exact) mass is 287 g/mol. The lowest BCUT2D eigenvalue weighted by molar-refractivity contribution is -0.117. The van der Waals surface area contributed by atoms with Crippen molar-refractivity contribution in [2.75, 3.05) is 5.32 Å². The van der Waals surface area contributed by atoms with Crippen LogP contribution in [0.5, 0.6) is 0 Å². The Balaban J connectivity index is 1.94. The highest BCUT2D eigenvalue weighted by molar-refractivity contribution is 7.10. The minimum atomic E-state index is -0.386. The Morgan fingerprint density at radius 2 is 2.30 bits per heavy atom. The molecule has 5 nitrogen and oxygen atoms in total. The highest BCUT2D eigenvalue weighted by Gasteiger charge is 2.26. The molecule has 1 atom stereocenters. The standard InChI is InChI=1S/C14H13N3O2S/c1-7-9-4-8(2-3-10(9)17-14(7)19)11-6-20-13(16-11)5-12(15)18/h2-4,6-7H,5H2,1H3,(H2,15,18)(H,17,19)/t7-/m0/s1. The molecule has 0 unspecified atom stereocenters. The van der Waals surface area contributed by atoms with Crippen LogP contribution in [0.15, 0.2) is 23.6 Å². The van der Waals surface area contributed by atoms with Crippen molar-refractivity contribution in [3.63, 3.8) is 0 Å². The molecule has 1 aliphatic rings. The van der Waals surface area contributed by atoms with Gasteiger partial charge in [0.15, 0.2) is 0 Å². The maximum Gasteiger partial charge on any atom is 0.231 e. The summed E-state index contributed by atoms with van der Waals surface area (Å²) in [6.45, 7) is 1.88. The second-order valence-corrected chi connectivity index (χ2v) is 5.73. The molecule has 0 saturated carbocycles. The van der Waals surface area contributed by atoms with E-state index in [0.29, 0.717) is 5.01 Å². The number of primary amides is 1. The molecule has 1 aliphatic heterocycles. The lowest BCUT2D eigenvalue weighted by Gasteiger charge is -2.03.